The van der Waals surface area contributed by atoms with Gasteiger partial charge in [-0.2, -0.15) is 26.3 Å². The zero-order chi connectivity index (χ0) is 16.4. The quantitative estimate of drug-likeness (QED) is 0.685. The standard InChI is InChI=1S/C12H9F6NO2/c1-6(20)7-2-4-8(5-3-7)19-10(21)9(11(13,14)15)12(16,17)18/h2-5,9H,1H3,(H,19,21). The van der Waals surface area contributed by atoms with Crippen LogP contribution in [0.15, 0.2) is 24.3 Å². The van der Waals surface area contributed by atoms with Crippen molar-refractivity contribution in [1.82, 2.24) is 0 Å². The molecule has 0 unspecified atom stereocenters. The molecule has 0 bridgehead atoms. The van der Waals surface area contributed by atoms with Crippen LogP contribution in [0.3, 0.4) is 0 Å². The number of nitrogens with one attached hydrogen (secondary N) is 1. The average Bonchev–Trinajstić information content (AvgIpc) is 2.25. The van der Waals surface area contributed by atoms with Crippen molar-refractivity contribution in [3.05, 3.63) is 29.8 Å². The highest BCUT2D eigenvalue weighted by molar-refractivity contribution is 5.96. The predicted molar refractivity (Wildman–Crippen MR) is 60.7 cm³/mol. The van der Waals surface area contributed by atoms with Gasteiger partial charge in [-0.05, 0) is 31.2 Å². The van der Waals surface area contributed by atoms with E-state index in [1.54, 1.807) is 0 Å². The van der Waals surface area contributed by atoms with Gasteiger partial charge in [0.15, 0.2) is 5.78 Å². The van der Waals surface area contributed by atoms with Crippen LogP contribution in [0, 0.1) is 5.92 Å². The Kier molecular flexibility index (Phi) is 4.65. The summed E-state index contributed by atoms with van der Waals surface area (Å²) in [6.07, 6.45) is -11.5. The van der Waals surface area contributed by atoms with E-state index in [-0.39, 0.29) is 17.0 Å². The number of rotatable bonds is 3. The van der Waals surface area contributed by atoms with Gasteiger partial charge in [0, 0.05) is 11.3 Å². The van der Waals surface area contributed by atoms with E-state index in [0.717, 1.165) is 12.1 Å². The molecule has 0 aliphatic rings. The van der Waals surface area contributed by atoms with Gasteiger partial charge in [-0.25, -0.2) is 0 Å². The fraction of sp³-hybridized carbons (Fsp3) is 0.333. The highest BCUT2D eigenvalue weighted by Crippen LogP contribution is 2.39. The number of anilines is 1. The predicted octanol–water partition coefficient (Wildman–Crippen LogP) is 3.57. The van der Waals surface area contributed by atoms with E-state index < -0.39 is 24.2 Å². The van der Waals surface area contributed by atoms with Crippen molar-refractivity contribution in [3.63, 3.8) is 0 Å². The van der Waals surface area contributed by atoms with Crippen molar-refractivity contribution in [2.24, 2.45) is 5.92 Å². The summed E-state index contributed by atoms with van der Waals surface area (Å²) in [6, 6.07) is 4.43. The van der Waals surface area contributed by atoms with Crippen molar-refractivity contribution < 1.29 is 35.9 Å². The van der Waals surface area contributed by atoms with E-state index in [0.29, 0.717) is 0 Å². The first kappa shape index (κ1) is 17.0. The molecule has 0 aliphatic carbocycles. The molecule has 1 aromatic carbocycles. The summed E-state index contributed by atoms with van der Waals surface area (Å²) in [5, 5.41) is 1.53. The zero-order valence-corrected chi connectivity index (χ0v) is 10.5. The molecule has 3 nitrogen and oxygen atoms in total. The highest BCUT2D eigenvalue weighted by atomic mass is 19.4. The van der Waals surface area contributed by atoms with Gasteiger partial charge in [-0.15, -0.1) is 0 Å². The minimum Gasteiger partial charge on any atom is -0.325 e. The highest BCUT2D eigenvalue weighted by Gasteiger charge is 2.61. The van der Waals surface area contributed by atoms with Crippen LogP contribution in [0.25, 0.3) is 0 Å². The maximum Gasteiger partial charge on any atom is 0.409 e. The van der Waals surface area contributed by atoms with Gasteiger partial charge in [-0.3, -0.25) is 9.59 Å². The van der Waals surface area contributed by atoms with Crippen molar-refractivity contribution in [2.45, 2.75) is 19.3 Å². The lowest BCUT2D eigenvalue weighted by Gasteiger charge is -2.22. The molecule has 0 spiro atoms. The van der Waals surface area contributed by atoms with E-state index in [1.165, 1.54) is 24.4 Å². The van der Waals surface area contributed by atoms with Crippen LogP contribution in [0.1, 0.15) is 17.3 Å². The second-order valence-corrected chi connectivity index (χ2v) is 4.14. The number of alkyl halides is 6. The topological polar surface area (TPSA) is 46.2 Å². The van der Waals surface area contributed by atoms with Crippen molar-refractivity contribution in [2.75, 3.05) is 5.32 Å². The number of Topliss-reactive ketones (excluding diaryl/α,β-unsaturated/α-hetero) is 1. The van der Waals surface area contributed by atoms with Crippen LogP contribution >= 0.6 is 0 Å². The maximum atomic E-state index is 12.3. The number of amides is 1. The first-order chi connectivity index (χ1) is 9.43. The van der Waals surface area contributed by atoms with Crippen molar-refractivity contribution in [1.29, 1.82) is 0 Å². The molecule has 1 amide bonds. The van der Waals surface area contributed by atoms with Crippen molar-refractivity contribution >= 4 is 17.4 Å². The van der Waals surface area contributed by atoms with E-state index in [4.69, 9.17) is 0 Å². The van der Waals surface area contributed by atoms with Gasteiger partial charge in [-0.1, -0.05) is 0 Å². The molecule has 0 heterocycles. The molecule has 116 valence electrons. The molecular weight excluding hydrogens is 304 g/mol. The van der Waals surface area contributed by atoms with Crippen LogP contribution in [0.4, 0.5) is 32.0 Å². The van der Waals surface area contributed by atoms with Gasteiger partial charge < -0.3 is 5.32 Å². The Morgan fingerprint density at radius 3 is 1.71 bits per heavy atom. The Morgan fingerprint density at radius 1 is 0.952 bits per heavy atom. The Morgan fingerprint density at radius 2 is 1.38 bits per heavy atom. The van der Waals surface area contributed by atoms with Crippen LogP contribution in [0.5, 0.6) is 0 Å². The summed E-state index contributed by atoms with van der Waals surface area (Å²) in [6.45, 7) is 1.23. The minimum absolute atomic E-state index is 0.205. The van der Waals surface area contributed by atoms with Gasteiger partial charge in [0.25, 0.3) is 0 Å². The lowest BCUT2D eigenvalue weighted by atomic mass is 10.1. The van der Waals surface area contributed by atoms with Crippen LogP contribution in [-0.4, -0.2) is 24.0 Å². The zero-order valence-electron chi connectivity index (χ0n) is 10.5. The third kappa shape index (κ3) is 4.47. The summed E-state index contributed by atoms with van der Waals surface area (Å²) in [4.78, 5) is 22.2. The van der Waals surface area contributed by atoms with Gasteiger partial charge >= 0.3 is 12.4 Å². The fourth-order valence-corrected chi connectivity index (χ4v) is 1.49. The molecule has 1 aromatic rings. The molecule has 0 atom stereocenters. The molecule has 0 aliphatic heterocycles. The third-order valence-corrected chi connectivity index (χ3v) is 2.48. The number of ketones is 1. The largest absolute Gasteiger partial charge is 0.409 e. The molecular formula is C12H9F6NO2. The Balaban J connectivity index is 2.95. The maximum absolute atomic E-state index is 12.3. The van der Waals surface area contributed by atoms with Crippen LogP contribution in [-0.2, 0) is 4.79 Å². The number of carbonyl (C=O) groups is 2. The summed E-state index contributed by atoms with van der Waals surface area (Å²) >= 11 is 0. The summed E-state index contributed by atoms with van der Waals surface area (Å²) < 4.78 is 73.9. The first-order valence-electron chi connectivity index (χ1n) is 5.48. The average molecular weight is 313 g/mol. The Bertz CT molecular complexity index is 518. The number of halogens is 6. The van der Waals surface area contributed by atoms with Gasteiger partial charge in [0.1, 0.15) is 0 Å². The number of carbonyl (C=O) groups excluding carboxylic acids is 2. The molecule has 9 heteroatoms. The van der Waals surface area contributed by atoms with Crippen LogP contribution < -0.4 is 5.32 Å². The Hall–Kier alpha value is -2.06. The molecule has 1 N–H and O–H groups in total. The molecule has 0 aromatic heterocycles. The van der Waals surface area contributed by atoms with Gasteiger partial charge in [0.05, 0.1) is 0 Å². The molecule has 0 radical (unpaired) electrons. The number of hydrogen-bond donors (Lipinski definition) is 1. The monoisotopic (exact) mass is 313 g/mol. The second kappa shape index (κ2) is 5.74. The summed E-state index contributed by atoms with van der Waals surface area (Å²) in [5.41, 5.74) is -0.0697. The van der Waals surface area contributed by atoms with Crippen LogP contribution in [0.2, 0.25) is 0 Å². The molecule has 0 saturated heterocycles. The third-order valence-electron chi connectivity index (χ3n) is 2.48. The summed E-state index contributed by atoms with van der Waals surface area (Å²) in [5.74, 6) is -6.68. The fourth-order valence-electron chi connectivity index (χ4n) is 1.49. The SMILES string of the molecule is CC(=O)c1ccc(NC(=O)C(C(F)(F)F)C(F)(F)F)cc1. The lowest BCUT2D eigenvalue weighted by Crippen LogP contribution is -2.45. The van der Waals surface area contributed by atoms with E-state index in [9.17, 15) is 35.9 Å². The van der Waals surface area contributed by atoms with Gasteiger partial charge in [0.2, 0.25) is 11.8 Å². The second-order valence-electron chi connectivity index (χ2n) is 4.14. The van der Waals surface area contributed by atoms with Crippen molar-refractivity contribution in [3.8, 4) is 0 Å². The Labute approximate surface area is 114 Å². The molecule has 0 fully saturated rings. The normalized spacial score (nSPS) is 12.4. The minimum atomic E-state index is -5.75. The molecule has 0 saturated carbocycles. The van der Waals surface area contributed by atoms with E-state index in [2.05, 4.69) is 0 Å². The number of benzene rings is 1. The number of hydrogen-bond acceptors (Lipinski definition) is 2. The lowest BCUT2D eigenvalue weighted by molar-refractivity contribution is -0.272. The van der Waals surface area contributed by atoms with E-state index >= 15 is 0 Å². The smallest absolute Gasteiger partial charge is 0.325 e. The summed E-state index contributed by atoms with van der Waals surface area (Å²) in [7, 11) is 0. The van der Waals surface area contributed by atoms with E-state index in [1.807, 2.05) is 0 Å². The molecule has 21 heavy (non-hydrogen) atoms. The first-order valence-corrected chi connectivity index (χ1v) is 5.48. The molecule has 1 rings (SSSR count).